The summed E-state index contributed by atoms with van der Waals surface area (Å²) in [5.74, 6) is -0.400. The average molecular weight is 804 g/mol. The number of ether oxygens (including phenoxy) is 2. The first-order chi connectivity index (χ1) is 28.1. The second kappa shape index (κ2) is 18.9. The molecule has 10 nitrogen and oxygen atoms in total. The van der Waals surface area contributed by atoms with Crippen LogP contribution in [0.1, 0.15) is 65.5 Å². The third-order valence-corrected chi connectivity index (χ3v) is 12.9. The van der Waals surface area contributed by atoms with Crippen LogP contribution in [0, 0.1) is 12.8 Å². The molecular weight excluding hydrogens is 751 g/mol. The topological polar surface area (TPSA) is 137 Å². The molecule has 5 aromatic rings. The van der Waals surface area contributed by atoms with E-state index in [1.807, 2.05) is 110 Å². The minimum atomic E-state index is -3.98. The summed E-state index contributed by atoms with van der Waals surface area (Å²) in [5.41, 5.74) is 7.23. The largest absolute Gasteiger partial charge is 0.395 e. The zero-order valence-corrected chi connectivity index (χ0v) is 33.9. The van der Waals surface area contributed by atoms with Gasteiger partial charge in [0.2, 0.25) is 15.9 Å². The zero-order valence-electron chi connectivity index (χ0n) is 33.0. The van der Waals surface area contributed by atoms with Gasteiger partial charge in [-0.3, -0.25) is 9.69 Å². The molecule has 0 spiro atoms. The van der Waals surface area contributed by atoms with E-state index in [1.54, 1.807) is 24.3 Å². The number of nitrogens with zero attached hydrogens (tertiary/aromatic N) is 1. The summed E-state index contributed by atoms with van der Waals surface area (Å²) in [6.07, 6.45) is 1.17. The normalized spacial score (nSPS) is 21.8. The van der Waals surface area contributed by atoms with Crippen LogP contribution in [0.5, 0.6) is 0 Å². The maximum Gasteiger partial charge on any atom is 0.241 e. The van der Waals surface area contributed by atoms with E-state index in [-0.39, 0.29) is 55.2 Å². The molecule has 304 valence electrons. The molecule has 2 fully saturated rings. The summed E-state index contributed by atoms with van der Waals surface area (Å²) in [6.45, 7) is 5.93. The summed E-state index contributed by atoms with van der Waals surface area (Å²) < 4.78 is 42.9. The summed E-state index contributed by atoms with van der Waals surface area (Å²) in [7, 11) is -3.98. The van der Waals surface area contributed by atoms with Crippen LogP contribution in [0.4, 0.5) is 0 Å². The van der Waals surface area contributed by atoms with E-state index in [9.17, 15) is 23.4 Å². The van der Waals surface area contributed by atoms with Crippen LogP contribution in [0.15, 0.2) is 132 Å². The maximum atomic E-state index is 13.8. The fourth-order valence-electron chi connectivity index (χ4n) is 7.99. The van der Waals surface area contributed by atoms with Crippen molar-refractivity contribution in [3.05, 3.63) is 161 Å². The Bertz CT molecular complexity index is 2220. The maximum absolute atomic E-state index is 13.8. The Morgan fingerprint density at radius 1 is 0.828 bits per heavy atom. The van der Waals surface area contributed by atoms with E-state index < -0.39 is 28.3 Å². The predicted molar refractivity (Wildman–Crippen MR) is 224 cm³/mol. The summed E-state index contributed by atoms with van der Waals surface area (Å²) >= 11 is 0. The average Bonchev–Trinajstić information content (AvgIpc) is 3.71. The van der Waals surface area contributed by atoms with Gasteiger partial charge < -0.3 is 25.0 Å². The second-order valence-electron chi connectivity index (χ2n) is 15.5. The van der Waals surface area contributed by atoms with Gasteiger partial charge in [0.15, 0.2) is 6.29 Å². The molecule has 2 saturated heterocycles. The van der Waals surface area contributed by atoms with Gasteiger partial charge in [-0.05, 0) is 78.2 Å². The molecule has 0 radical (unpaired) electrons. The third kappa shape index (κ3) is 9.93. The zero-order chi connectivity index (χ0) is 40.6. The molecule has 1 amide bonds. The number of aliphatic hydroxyl groups excluding tert-OH is 2. The van der Waals surface area contributed by atoms with Gasteiger partial charge in [0.1, 0.15) is 6.04 Å². The van der Waals surface area contributed by atoms with E-state index >= 15 is 0 Å². The number of hydrogen-bond acceptors (Lipinski definition) is 8. The highest BCUT2D eigenvalue weighted by Gasteiger charge is 2.40. The smallest absolute Gasteiger partial charge is 0.241 e. The van der Waals surface area contributed by atoms with Crippen molar-refractivity contribution < 1.29 is 32.9 Å². The first kappa shape index (κ1) is 41.4. The number of amides is 1. The highest BCUT2D eigenvalue weighted by molar-refractivity contribution is 7.89. The molecule has 11 heteroatoms. The van der Waals surface area contributed by atoms with Gasteiger partial charge in [0.05, 0.1) is 30.3 Å². The van der Waals surface area contributed by atoms with Gasteiger partial charge in [-0.15, -0.1) is 0 Å². The molecule has 2 heterocycles. The number of hydrogen-bond donors (Lipinski definition) is 4. The number of aliphatic hydroxyl groups is 2. The SMILES string of the molecule is Cc1ccc(S(=O)(=O)NC(Cc2ccccc2)C(=O)NCc2ccccc2-c2ccc(C3OC(CN4CCCC4CO)C(C)C(c4ccc(CO)cc4)O3)cc2)cc1. The molecule has 2 aliphatic rings. The molecule has 6 unspecified atom stereocenters. The van der Waals surface area contributed by atoms with Crippen LogP contribution < -0.4 is 10.0 Å². The van der Waals surface area contributed by atoms with Crippen molar-refractivity contribution in [3.63, 3.8) is 0 Å². The van der Waals surface area contributed by atoms with Crippen LogP contribution in [0.2, 0.25) is 0 Å². The fourth-order valence-corrected chi connectivity index (χ4v) is 9.19. The van der Waals surface area contributed by atoms with Gasteiger partial charge in [0.25, 0.3) is 0 Å². The minimum absolute atomic E-state index is 0.0279. The standard InChI is InChI=1S/C47H53N3O7S/c1-32-14-24-41(25-15-32)58(54,55)49-43(27-34-9-4-3-5-10-34)46(53)48-28-39-11-6-7-13-42(39)36-20-22-38(23-21-36)47-56-44(29-50-26-8-12-40(50)31-52)33(2)45(57-47)37-18-16-35(30-51)17-19-37/h3-7,9-11,13-25,33,40,43-45,47,49,51-52H,8,12,26-31H2,1-2H3,(H,48,53). The molecular formula is C47H53N3O7S. The van der Waals surface area contributed by atoms with Crippen molar-refractivity contribution in [2.24, 2.45) is 5.92 Å². The van der Waals surface area contributed by atoms with Crippen LogP contribution >= 0.6 is 0 Å². The fraction of sp³-hybridized carbons (Fsp3) is 0.340. The van der Waals surface area contributed by atoms with Crippen molar-refractivity contribution in [2.75, 3.05) is 19.7 Å². The number of sulfonamides is 1. The van der Waals surface area contributed by atoms with Crippen LogP contribution in [0.3, 0.4) is 0 Å². The molecule has 2 aliphatic heterocycles. The predicted octanol–water partition coefficient (Wildman–Crippen LogP) is 6.61. The number of carbonyl (C=O) groups is 1. The first-order valence-electron chi connectivity index (χ1n) is 20.1. The molecule has 5 aromatic carbocycles. The summed E-state index contributed by atoms with van der Waals surface area (Å²) in [4.78, 5) is 16.2. The number of rotatable bonds is 15. The second-order valence-corrected chi connectivity index (χ2v) is 17.2. The van der Waals surface area contributed by atoms with E-state index in [2.05, 4.69) is 21.9 Å². The molecule has 0 aliphatic carbocycles. The van der Waals surface area contributed by atoms with Crippen LogP contribution in [-0.4, -0.2) is 67.3 Å². The van der Waals surface area contributed by atoms with Gasteiger partial charge in [-0.25, -0.2) is 8.42 Å². The first-order valence-corrected chi connectivity index (χ1v) is 21.5. The molecule has 4 N–H and O–H groups in total. The van der Waals surface area contributed by atoms with E-state index in [4.69, 9.17) is 9.47 Å². The molecule has 7 rings (SSSR count). The monoisotopic (exact) mass is 803 g/mol. The van der Waals surface area contributed by atoms with Crippen molar-refractivity contribution in [1.29, 1.82) is 0 Å². The molecule has 0 saturated carbocycles. The van der Waals surface area contributed by atoms with Crippen molar-refractivity contribution in [2.45, 2.75) is 81.7 Å². The minimum Gasteiger partial charge on any atom is -0.395 e. The molecule has 0 bridgehead atoms. The van der Waals surface area contributed by atoms with Crippen molar-refractivity contribution in [3.8, 4) is 11.1 Å². The van der Waals surface area contributed by atoms with Gasteiger partial charge in [-0.2, -0.15) is 4.72 Å². The molecule has 6 atom stereocenters. The quantitative estimate of drug-likeness (QED) is 0.0929. The third-order valence-electron chi connectivity index (χ3n) is 11.4. The Kier molecular flexibility index (Phi) is 13.5. The highest BCUT2D eigenvalue weighted by Crippen LogP contribution is 2.42. The molecule has 58 heavy (non-hydrogen) atoms. The van der Waals surface area contributed by atoms with E-state index in [1.165, 1.54) is 0 Å². The lowest BCUT2D eigenvalue weighted by atomic mass is 9.89. The van der Waals surface area contributed by atoms with Gasteiger partial charge >= 0.3 is 0 Å². The lowest BCUT2D eigenvalue weighted by Gasteiger charge is -2.43. The van der Waals surface area contributed by atoms with Crippen LogP contribution in [-0.2, 0) is 43.9 Å². The van der Waals surface area contributed by atoms with E-state index in [0.717, 1.165) is 63.9 Å². The Morgan fingerprint density at radius 3 is 2.22 bits per heavy atom. The van der Waals surface area contributed by atoms with Crippen LogP contribution in [0.25, 0.3) is 11.1 Å². The summed E-state index contributed by atoms with van der Waals surface area (Å²) in [5, 5.41) is 22.7. The number of benzene rings is 5. The van der Waals surface area contributed by atoms with E-state index in [0.29, 0.717) is 6.54 Å². The van der Waals surface area contributed by atoms with Gasteiger partial charge in [0, 0.05) is 30.6 Å². The van der Waals surface area contributed by atoms with Crippen molar-refractivity contribution >= 4 is 15.9 Å². The Morgan fingerprint density at radius 2 is 1.52 bits per heavy atom. The number of carbonyl (C=O) groups excluding carboxylic acids is 1. The van der Waals surface area contributed by atoms with Crippen molar-refractivity contribution in [1.82, 2.24) is 14.9 Å². The Hall–Kier alpha value is -4.72. The number of likely N-dealkylation sites (tertiary alicyclic amines) is 1. The Labute approximate surface area is 341 Å². The highest BCUT2D eigenvalue weighted by atomic mass is 32.2. The molecule has 0 aromatic heterocycles. The number of nitrogens with one attached hydrogen (secondary N) is 2. The number of aryl methyl sites for hydroxylation is 1. The summed E-state index contributed by atoms with van der Waals surface area (Å²) in [6, 6.07) is 38.8. The lowest BCUT2D eigenvalue weighted by molar-refractivity contribution is -0.276. The van der Waals surface area contributed by atoms with Gasteiger partial charge in [-0.1, -0.05) is 128 Å². The Balaban J connectivity index is 1.08. The lowest BCUT2D eigenvalue weighted by Crippen LogP contribution is -2.47.